The molecule has 1 nitrogen and oxygen atoms in total. The minimum absolute atomic E-state index is 0.163. The zero-order valence-corrected chi connectivity index (χ0v) is 8.79. The summed E-state index contributed by atoms with van der Waals surface area (Å²) < 4.78 is 0. The monoisotopic (exact) mass is 182 g/mol. The molecular formula is C10H14OS. The second-order valence-electron chi connectivity index (χ2n) is 3.99. The lowest BCUT2D eigenvalue weighted by Crippen LogP contribution is -2.07. The molecule has 0 bridgehead atoms. The number of hydrogen-bond donors (Lipinski definition) is 0. The van der Waals surface area contributed by atoms with Gasteiger partial charge < -0.3 is 0 Å². The van der Waals surface area contributed by atoms with Gasteiger partial charge in [0.25, 0.3) is 0 Å². The maximum Gasteiger partial charge on any atom is 0.151 e. The van der Waals surface area contributed by atoms with Gasteiger partial charge in [-0.2, -0.15) is 0 Å². The number of rotatable bonds is 1. The standard InChI is InChI=1S/C10H14OS/c1-7-8(6-11)5-9(12-7)10(2,3)4/h5-6H,1-4H3. The van der Waals surface area contributed by atoms with E-state index in [1.165, 1.54) is 4.88 Å². The minimum atomic E-state index is 0.163. The molecule has 0 unspecified atom stereocenters. The van der Waals surface area contributed by atoms with Crippen LogP contribution in [0.1, 0.15) is 40.9 Å². The van der Waals surface area contributed by atoms with E-state index in [0.717, 1.165) is 16.7 Å². The third kappa shape index (κ3) is 1.75. The molecule has 1 heterocycles. The summed E-state index contributed by atoms with van der Waals surface area (Å²) in [6, 6.07) is 1.99. The van der Waals surface area contributed by atoms with Gasteiger partial charge >= 0.3 is 0 Å². The van der Waals surface area contributed by atoms with E-state index in [2.05, 4.69) is 20.8 Å². The maximum atomic E-state index is 10.6. The molecule has 0 saturated carbocycles. The number of aldehydes is 1. The second kappa shape index (κ2) is 3.02. The normalized spacial score (nSPS) is 11.7. The van der Waals surface area contributed by atoms with Gasteiger partial charge in [-0.25, -0.2) is 0 Å². The summed E-state index contributed by atoms with van der Waals surface area (Å²) in [5.41, 5.74) is 1.00. The summed E-state index contributed by atoms with van der Waals surface area (Å²) in [5, 5.41) is 0. The second-order valence-corrected chi connectivity index (χ2v) is 5.25. The van der Waals surface area contributed by atoms with Crippen molar-refractivity contribution in [1.82, 2.24) is 0 Å². The highest BCUT2D eigenvalue weighted by molar-refractivity contribution is 7.12. The van der Waals surface area contributed by atoms with Crippen LogP contribution in [0.3, 0.4) is 0 Å². The molecular weight excluding hydrogens is 168 g/mol. The van der Waals surface area contributed by atoms with Gasteiger partial charge in [-0.3, -0.25) is 4.79 Å². The van der Waals surface area contributed by atoms with Gasteiger partial charge in [0.15, 0.2) is 6.29 Å². The first kappa shape index (κ1) is 9.46. The van der Waals surface area contributed by atoms with Gasteiger partial charge in [0.2, 0.25) is 0 Å². The van der Waals surface area contributed by atoms with Crippen LogP contribution in [0.25, 0.3) is 0 Å². The molecule has 0 atom stereocenters. The number of hydrogen-bond acceptors (Lipinski definition) is 2. The summed E-state index contributed by atoms with van der Waals surface area (Å²) in [6.07, 6.45) is 0.932. The van der Waals surface area contributed by atoms with E-state index in [-0.39, 0.29) is 5.41 Å². The fourth-order valence-corrected chi connectivity index (χ4v) is 2.03. The molecule has 0 N–H and O–H groups in total. The summed E-state index contributed by atoms with van der Waals surface area (Å²) in [7, 11) is 0. The van der Waals surface area contributed by atoms with Crippen LogP contribution in [0.5, 0.6) is 0 Å². The molecule has 0 aliphatic heterocycles. The van der Waals surface area contributed by atoms with Crippen LogP contribution >= 0.6 is 11.3 Å². The Balaban J connectivity index is 3.13. The molecule has 1 aromatic heterocycles. The summed E-state index contributed by atoms with van der Waals surface area (Å²) >= 11 is 1.71. The van der Waals surface area contributed by atoms with Gasteiger partial charge in [-0.05, 0) is 18.4 Å². The summed E-state index contributed by atoms with van der Waals surface area (Å²) in [5.74, 6) is 0. The summed E-state index contributed by atoms with van der Waals surface area (Å²) in [4.78, 5) is 13.0. The van der Waals surface area contributed by atoms with Crippen molar-refractivity contribution in [3.63, 3.8) is 0 Å². The predicted molar refractivity (Wildman–Crippen MR) is 53.1 cm³/mol. The Bertz CT molecular complexity index is 291. The number of thiophene rings is 1. The quantitative estimate of drug-likeness (QED) is 0.610. The van der Waals surface area contributed by atoms with Gasteiger partial charge in [-0.15, -0.1) is 11.3 Å². The van der Waals surface area contributed by atoms with Crippen LogP contribution < -0.4 is 0 Å². The molecule has 0 spiro atoms. The fraction of sp³-hybridized carbons (Fsp3) is 0.500. The van der Waals surface area contributed by atoms with E-state index >= 15 is 0 Å². The summed E-state index contributed by atoms with van der Waals surface area (Å²) in [6.45, 7) is 8.47. The van der Waals surface area contributed by atoms with Gasteiger partial charge in [0.05, 0.1) is 0 Å². The third-order valence-corrected chi connectivity index (χ3v) is 3.31. The lowest BCUT2D eigenvalue weighted by atomic mass is 9.94. The van der Waals surface area contributed by atoms with Crippen LogP contribution in [-0.2, 0) is 5.41 Å². The number of aryl methyl sites for hydroxylation is 1. The molecule has 0 aromatic carbocycles. The maximum absolute atomic E-state index is 10.6. The predicted octanol–water partition coefficient (Wildman–Crippen LogP) is 3.17. The Labute approximate surface area is 77.4 Å². The van der Waals surface area contributed by atoms with E-state index in [1.54, 1.807) is 11.3 Å². The Hall–Kier alpha value is -0.630. The topological polar surface area (TPSA) is 17.1 Å². The Morgan fingerprint density at radius 2 is 2.00 bits per heavy atom. The van der Waals surface area contributed by atoms with Crippen molar-refractivity contribution in [2.75, 3.05) is 0 Å². The smallest absolute Gasteiger partial charge is 0.151 e. The minimum Gasteiger partial charge on any atom is -0.298 e. The molecule has 0 radical (unpaired) electrons. The largest absolute Gasteiger partial charge is 0.298 e. The average molecular weight is 182 g/mol. The first-order chi connectivity index (χ1) is 5.45. The van der Waals surface area contributed by atoms with E-state index in [9.17, 15) is 4.79 Å². The van der Waals surface area contributed by atoms with E-state index in [1.807, 2.05) is 13.0 Å². The molecule has 66 valence electrons. The van der Waals surface area contributed by atoms with Crippen LogP contribution in [0.15, 0.2) is 6.07 Å². The Morgan fingerprint density at radius 3 is 2.25 bits per heavy atom. The van der Waals surface area contributed by atoms with Crippen LogP contribution in [0.2, 0.25) is 0 Å². The Morgan fingerprint density at radius 1 is 1.42 bits per heavy atom. The van der Waals surface area contributed by atoms with Crippen LogP contribution in [0.4, 0.5) is 0 Å². The van der Waals surface area contributed by atoms with Crippen molar-refractivity contribution in [1.29, 1.82) is 0 Å². The van der Waals surface area contributed by atoms with Gasteiger partial charge in [0.1, 0.15) is 0 Å². The molecule has 0 aliphatic carbocycles. The van der Waals surface area contributed by atoms with E-state index < -0.39 is 0 Å². The van der Waals surface area contributed by atoms with Crippen molar-refractivity contribution in [2.24, 2.45) is 0 Å². The lowest BCUT2D eigenvalue weighted by molar-refractivity contribution is 0.112. The number of carbonyl (C=O) groups excluding carboxylic acids is 1. The van der Waals surface area contributed by atoms with Gasteiger partial charge in [0, 0.05) is 15.3 Å². The highest BCUT2D eigenvalue weighted by Crippen LogP contribution is 2.31. The molecule has 0 saturated heterocycles. The fourth-order valence-electron chi connectivity index (χ4n) is 0.983. The van der Waals surface area contributed by atoms with Crippen molar-refractivity contribution >= 4 is 17.6 Å². The average Bonchev–Trinajstić information content (AvgIpc) is 2.29. The first-order valence-corrected chi connectivity index (χ1v) is 4.83. The van der Waals surface area contributed by atoms with Gasteiger partial charge in [-0.1, -0.05) is 20.8 Å². The molecule has 0 amide bonds. The molecule has 2 heteroatoms. The zero-order valence-electron chi connectivity index (χ0n) is 7.97. The van der Waals surface area contributed by atoms with Crippen molar-refractivity contribution in [3.05, 3.63) is 21.4 Å². The molecule has 0 aliphatic rings. The SMILES string of the molecule is Cc1sc(C(C)(C)C)cc1C=O. The first-order valence-electron chi connectivity index (χ1n) is 4.01. The van der Waals surface area contributed by atoms with E-state index in [0.29, 0.717) is 0 Å². The van der Waals surface area contributed by atoms with Crippen molar-refractivity contribution in [2.45, 2.75) is 33.1 Å². The van der Waals surface area contributed by atoms with Crippen molar-refractivity contribution in [3.8, 4) is 0 Å². The Kier molecular flexibility index (Phi) is 2.38. The molecule has 1 aromatic rings. The van der Waals surface area contributed by atoms with Crippen molar-refractivity contribution < 1.29 is 4.79 Å². The molecule has 0 fully saturated rings. The molecule has 12 heavy (non-hydrogen) atoms. The molecule has 1 rings (SSSR count). The van der Waals surface area contributed by atoms with Crippen LogP contribution in [-0.4, -0.2) is 6.29 Å². The highest BCUT2D eigenvalue weighted by Gasteiger charge is 2.17. The lowest BCUT2D eigenvalue weighted by Gasteiger charge is -2.15. The highest BCUT2D eigenvalue weighted by atomic mass is 32.1. The zero-order chi connectivity index (χ0) is 9.35. The number of carbonyl (C=O) groups is 1. The van der Waals surface area contributed by atoms with Crippen LogP contribution in [0, 0.1) is 6.92 Å². The van der Waals surface area contributed by atoms with E-state index in [4.69, 9.17) is 0 Å². The third-order valence-electron chi connectivity index (χ3n) is 1.82.